The lowest BCUT2D eigenvalue weighted by Crippen LogP contribution is -2.50. The number of para-hydroxylation sites is 1. The minimum Gasteiger partial charge on any atom is -0.467 e. The molecule has 1 N–H and O–H groups in total. The normalized spacial score (nSPS) is 11.3. The average molecular weight is 350 g/mol. The van der Waals surface area contributed by atoms with E-state index in [1.807, 2.05) is 53.2 Å². The van der Waals surface area contributed by atoms with Gasteiger partial charge in [-0.1, -0.05) is 48.5 Å². The summed E-state index contributed by atoms with van der Waals surface area (Å²) in [5.41, 5.74) is 1.55. The van der Waals surface area contributed by atoms with Crippen molar-refractivity contribution in [2.45, 2.75) is 25.9 Å². The molecule has 3 aromatic rings. The molecule has 5 nitrogen and oxygen atoms in total. The van der Waals surface area contributed by atoms with Crippen LogP contribution in [0.25, 0.3) is 10.9 Å². The summed E-state index contributed by atoms with van der Waals surface area (Å²) in [7, 11) is 1.31. The molecule has 26 heavy (non-hydrogen) atoms. The third kappa shape index (κ3) is 3.47. The fourth-order valence-corrected chi connectivity index (χ4v) is 3.00. The molecule has 0 spiro atoms. The van der Waals surface area contributed by atoms with Gasteiger partial charge in [-0.25, -0.2) is 4.79 Å². The Morgan fingerprint density at radius 1 is 1.04 bits per heavy atom. The number of hydrogen-bond acceptors (Lipinski definition) is 3. The van der Waals surface area contributed by atoms with Crippen LogP contribution in [-0.2, 0) is 16.1 Å². The van der Waals surface area contributed by atoms with Gasteiger partial charge in [0.2, 0.25) is 0 Å². The number of carbonyl (C=O) groups is 2. The van der Waals surface area contributed by atoms with Gasteiger partial charge in [0.1, 0.15) is 5.54 Å². The van der Waals surface area contributed by atoms with Crippen molar-refractivity contribution in [3.05, 3.63) is 71.9 Å². The van der Waals surface area contributed by atoms with Crippen LogP contribution in [0.15, 0.2) is 60.8 Å². The standard InChI is InChI=1S/C21H22N2O3/c1-21(2,20(25)26-3)22-19(24)17-14-23(13-15-9-5-4-6-10-15)18-12-8-7-11-16(17)18/h4-12,14H,13H2,1-3H3,(H,22,24). The van der Waals surface area contributed by atoms with Gasteiger partial charge in [0.25, 0.3) is 5.91 Å². The van der Waals surface area contributed by atoms with Crippen molar-refractivity contribution in [2.75, 3.05) is 7.11 Å². The van der Waals surface area contributed by atoms with Gasteiger partial charge < -0.3 is 14.6 Å². The number of aromatic nitrogens is 1. The third-order valence-corrected chi connectivity index (χ3v) is 4.35. The van der Waals surface area contributed by atoms with Crippen LogP contribution in [-0.4, -0.2) is 29.1 Å². The minimum absolute atomic E-state index is 0.302. The molecule has 1 heterocycles. The summed E-state index contributed by atoms with van der Waals surface area (Å²) in [6.07, 6.45) is 1.83. The Labute approximate surface area is 152 Å². The van der Waals surface area contributed by atoms with E-state index < -0.39 is 11.5 Å². The molecule has 0 bridgehead atoms. The van der Waals surface area contributed by atoms with Gasteiger partial charge >= 0.3 is 5.97 Å². The lowest BCUT2D eigenvalue weighted by molar-refractivity contribution is -0.146. The minimum atomic E-state index is -1.10. The van der Waals surface area contributed by atoms with Crippen molar-refractivity contribution >= 4 is 22.8 Å². The number of hydrogen-bond donors (Lipinski definition) is 1. The lowest BCUT2D eigenvalue weighted by atomic mass is 10.0. The van der Waals surface area contributed by atoms with Crippen LogP contribution in [0.2, 0.25) is 0 Å². The Morgan fingerprint density at radius 2 is 1.69 bits per heavy atom. The highest BCUT2D eigenvalue weighted by atomic mass is 16.5. The third-order valence-electron chi connectivity index (χ3n) is 4.35. The molecule has 0 aliphatic rings. The molecular formula is C21H22N2O3. The van der Waals surface area contributed by atoms with E-state index in [-0.39, 0.29) is 5.91 Å². The molecule has 0 fully saturated rings. The molecule has 3 rings (SSSR count). The molecule has 0 saturated heterocycles. The molecule has 0 aliphatic carbocycles. The number of rotatable bonds is 5. The van der Waals surface area contributed by atoms with Crippen molar-refractivity contribution in [2.24, 2.45) is 0 Å². The van der Waals surface area contributed by atoms with E-state index in [0.717, 1.165) is 16.5 Å². The predicted molar refractivity (Wildman–Crippen MR) is 101 cm³/mol. The van der Waals surface area contributed by atoms with E-state index >= 15 is 0 Å². The number of carbonyl (C=O) groups excluding carboxylic acids is 2. The van der Waals surface area contributed by atoms with E-state index in [1.54, 1.807) is 13.8 Å². The predicted octanol–water partition coefficient (Wildman–Crippen LogP) is 3.37. The van der Waals surface area contributed by atoms with Crippen molar-refractivity contribution < 1.29 is 14.3 Å². The first kappa shape index (κ1) is 17.7. The van der Waals surface area contributed by atoms with Crippen LogP contribution < -0.4 is 5.32 Å². The van der Waals surface area contributed by atoms with E-state index in [2.05, 4.69) is 17.4 Å². The highest BCUT2D eigenvalue weighted by Crippen LogP contribution is 2.23. The van der Waals surface area contributed by atoms with Crippen LogP contribution in [0.4, 0.5) is 0 Å². The summed E-state index contributed by atoms with van der Waals surface area (Å²) in [6, 6.07) is 17.8. The first-order chi connectivity index (χ1) is 12.4. The number of fused-ring (bicyclic) bond motifs is 1. The molecule has 0 aliphatic heterocycles. The fraction of sp³-hybridized carbons (Fsp3) is 0.238. The van der Waals surface area contributed by atoms with Crippen LogP contribution in [0, 0.1) is 0 Å². The largest absolute Gasteiger partial charge is 0.467 e. The fourth-order valence-electron chi connectivity index (χ4n) is 3.00. The Hall–Kier alpha value is -3.08. The molecule has 2 aromatic carbocycles. The van der Waals surface area contributed by atoms with Gasteiger partial charge in [-0.05, 0) is 25.5 Å². The van der Waals surface area contributed by atoms with Crippen molar-refractivity contribution in [3.8, 4) is 0 Å². The smallest absolute Gasteiger partial charge is 0.330 e. The van der Waals surface area contributed by atoms with Crippen LogP contribution in [0.3, 0.4) is 0 Å². The van der Waals surface area contributed by atoms with Gasteiger partial charge in [0, 0.05) is 23.6 Å². The molecule has 134 valence electrons. The highest BCUT2D eigenvalue weighted by molar-refractivity contribution is 6.08. The number of esters is 1. The van der Waals surface area contributed by atoms with Crippen LogP contribution in [0.1, 0.15) is 29.8 Å². The number of nitrogens with one attached hydrogen (secondary N) is 1. The molecule has 1 amide bonds. The zero-order chi connectivity index (χ0) is 18.7. The van der Waals surface area contributed by atoms with Gasteiger partial charge in [-0.2, -0.15) is 0 Å². The number of ether oxygens (including phenoxy) is 1. The maximum absolute atomic E-state index is 12.8. The second-order valence-corrected chi connectivity index (χ2v) is 6.74. The van der Waals surface area contributed by atoms with Crippen LogP contribution in [0.5, 0.6) is 0 Å². The zero-order valence-corrected chi connectivity index (χ0v) is 15.2. The summed E-state index contributed by atoms with van der Waals surface area (Å²) >= 11 is 0. The van der Waals surface area contributed by atoms with Crippen LogP contribution >= 0.6 is 0 Å². The Bertz CT molecular complexity index is 942. The van der Waals surface area contributed by atoms with E-state index in [9.17, 15) is 9.59 Å². The summed E-state index contributed by atoms with van der Waals surface area (Å²) in [6.45, 7) is 3.91. The number of nitrogens with zero attached hydrogens (tertiary/aromatic N) is 1. The Kier molecular flexibility index (Phi) is 4.80. The summed E-state index contributed by atoms with van der Waals surface area (Å²) in [4.78, 5) is 24.7. The Balaban J connectivity index is 1.96. The van der Waals surface area contributed by atoms with Gasteiger partial charge in [0.05, 0.1) is 12.7 Å². The van der Waals surface area contributed by atoms with Crippen molar-refractivity contribution in [1.29, 1.82) is 0 Å². The van der Waals surface area contributed by atoms with Crippen molar-refractivity contribution in [3.63, 3.8) is 0 Å². The van der Waals surface area contributed by atoms with E-state index in [1.165, 1.54) is 7.11 Å². The number of methoxy groups -OCH3 is 1. The average Bonchev–Trinajstić information content (AvgIpc) is 3.00. The van der Waals surface area contributed by atoms with E-state index in [4.69, 9.17) is 4.74 Å². The molecule has 0 radical (unpaired) electrons. The van der Waals surface area contributed by atoms with Gasteiger partial charge in [-0.15, -0.1) is 0 Å². The first-order valence-electron chi connectivity index (χ1n) is 8.45. The second-order valence-electron chi connectivity index (χ2n) is 6.74. The lowest BCUT2D eigenvalue weighted by Gasteiger charge is -2.22. The Morgan fingerprint density at radius 3 is 2.38 bits per heavy atom. The summed E-state index contributed by atoms with van der Waals surface area (Å²) < 4.78 is 6.81. The highest BCUT2D eigenvalue weighted by Gasteiger charge is 2.31. The maximum atomic E-state index is 12.8. The molecule has 5 heteroatoms. The monoisotopic (exact) mass is 350 g/mol. The quantitative estimate of drug-likeness (QED) is 0.718. The van der Waals surface area contributed by atoms with E-state index in [0.29, 0.717) is 12.1 Å². The second kappa shape index (κ2) is 7.04. The van der Waals surface area contributed by atoms with Gasteiger partial charge in [0.15, 0.2) is 0 Å². The molecule has 0 atom stereocenters. The molecule has 1 aromatic heterocycles. The topological polar surface area (TPSA) is 60.3 Å². The maximum Gasteiger partial charge on any atom is 0.330 e. The zero-order valence-electron chi connectivity index (χ0n) is 15.2. The SMILES string of the molecule is COC(=O)C(C)(C)NC(=O)c1cn(Cc2ccccc2)c2ccccc12. The molecular weight excluding hydrogens is 328 g/mol. The first-order valence-corrected chi connectivity index (χ1v) is 8.45. The molecule has 0 unspecified atom stereocenters. The van der Waals surface area contributed by atoms with Crippen molar-refractivity contribution in [1.82, 2.24) is 9.88 Å². The number of amides is 1. The number of benzene rings is 2. The summed E-state index contributed by atoms with van der Waals surface area (Å²) in [5.74, 6) is -0.790. The molecule has 0 saturated carbocycles. The summed E-state index contributed by atoms with van der Waals surface area (Å²) in [5, 5.41) is 3.61. The van der Waals surface area contributed by atoms with Gasteiger partial charge in [-0.3, -0.25) is 4.79 Å².